The number of nitrogens with zero attached hydrogens (tertiary/aromatic N) is 1. The molecular weight excluding hydrogens is 352 g/mol. The van der Waals surface area contributed by atoms with Crippen LogP contribution in [0.25, 0.3) is 12.2 Å². The lowest BCUT2D eigenvalue weighted by atomic mass is 10.2. The van der Waals surface area contributed by atoms with Crippen molar-refractivity contribution in [3.8, 4) is 0 Å². The Morgan fingerprint density at radius 3 is 2.33 bits per heavy atom. The Morgan fingerprint density at radius 2 is 1.67 bits per heavy atom. The summed E-state index contributed by atoms with van der Waals surface area (Å²) in [4.78, 5) is 17.1. The SMILES string of the molecule is CSc1ccc(C=CC(=O)N2CC[NH+](CC=Cc3ccccc3)CC2)cc1. The number of rotatable bonds is 6. The molecule has 0 spiro atoms. The Labute approximate surface area is 166 Å². The Balaban J connectivity index is 1.43. The van der Waals surface area contributed by atoms with Gasteiger partial charge in [0.1, 0.15) is 0 Å². The number of hydrogen-bond acceptors (Lipinski definition) is 2. The maximum atomic E-state index is 12.4. The normalized spacial score (nSPS) is 15.7. The van der Waals surface area contributed by atoms with Crippen molar-refractivity contribution in [1.82, 2.24) is 4.90 Å². The van der Waals surface area contributed by atoms with Gasteiger partial charge < -0.3 is 9.80 Å². The predicted molar refractivity (Wildman–Crippen MR) is 115 cm³/mol. The molecule has 2 aromatic carbocycles. The number of quaternary nitrogens is 1. The topological polar surface area (TPSA) is 24.8 Å². The van der Waals surface area contributed by atoms with Crippen molar-refractivity contribution >= 4 is 29.8 Å². The number of nitrogens with one attached hydrogen (secondary N) is 1. The van der Waals surface area contributed by atoms with E-state index in [-0.39, 0.29) is 5.91 Å². The van der Waals surface area contributed by atoms with Crippen LogP contribution in [0.2, 0.25) is 0 Å². The van der Waals surface area contributed by atoms with E-state index in [1.165, 1.54) is 15.4 Å². The minimum absolute atomic E-state index is 0.114. The molecule has 3 rings (SSSR count). The zero-order valence-corrected chi connectivity index (χ0v) is 16.6. The Hall–Kier alpha value is -2.30. The predicted octanol–water partition coefficient (Wildman–Crippen LogP) is 2.86. The van der Waals surface area contributed by atoms with E-state index >= 15 is 0 Å². The number of benzene rings is 2. The van der Waals surface area contributed by atoms with Crippen LogP contribution >= 0.6 is 11.8 Å². The summed E-state index contributed by atoms with van der Waals surface area (Å²) in [6.45, 7) is 4.66. The molecule has 3 nitrogen and oxygen atoms in total. The van der Waals surface area contributed by atoms with E-state index in [0.717, 1.165) is 38.3 Å². The first-order chi connectivity index (χ1) is 13.2. The fourth-order valence-corrected chi connectivity index (χ4v) is 3.57. The summed E-state index contributed by atoms with van der Waals surface area (Å²) in [7, 11) is 0. The summed E-state index contributed by atoms with van der Waals surface area (Å²) < 4.78 is 0. The summed E-state index contributed by atoms with van der Waals surface area (Å²) >= 11 is 1.72. The number of amides is 1. The lowest BCUT2D eigenvalue weighted by molar-refractivity contribution is -0.898. The van der Waals surface area contributed by atoms with Gasteiger partial charge in [0, 0.05) is 11.0 Å². The highest BCUT2D eigenvalue weighted by molar-refractivity contribution is 7.98. The van der Waals surface area contributed by atoms with E-state index < -0.39 is 0 Å². The van der Waals surface area contributed by atoms with Gasteiger partial charge in [-0.2, -0.15) is 0 Å². The molecule has 1 fully saturated rings. The maximum Gasteiger partial charge on any atom is 0.246 e. The second kappa shape index (κ2) is 10.1. The van der Waals surface area contributed by atoms with Gasteiger partial charge in [0.2, 0.25) is 5.91 Å². The molecule has 0 aromatic heterocycles. The Morgan fingerprint density at radius 1 is 1.00 bits per heavy atom. The van der Waals surface area contributed by atoms with Gasteiger partial charge in [-0.3, -0.25) is 4.79 Å². The number of piperazine rings is 1. The van der Waals surface area contributed by atoms with Crippen LogP contribution in [-0.4, -0.2) is 49.8 Å². The number of thioether (sulfide) groups is 1. The first kappa shape index (κ1) is 19.5. The molecule has 1 heterocycles. The van der Waals surface area contributed by atoms with Gasteiger partial charge in [-0.25, -0.2) is 0 Å². The van der Waals surface area contributed by atoms with Gasteiger partial charge in [-0.15, -0.1) is 11.8 Å². The zero-order valence-electron chi connectivity index (χ0n) is 15.8. The summed E-state index contributed by atoms with van der Waals surface area (Å²) in [5, 5.41) is 0. The lowest BCUT2D eigenvalue weighted by Crippen LogP contribution is -3.14. The lowest BCUT2D eigenvalue weighted by Gasteiger charge is -2.31. The molecule has 1 saturated heterocycles. The quantitative estimate of drug-likeness (QED) is 0.617. The van der Waals surface area contributed by atoms with Crippen LogP contribution in [0, 0.1) is 0 Å². The van der Waals surface area contributed by atoms with E-state index in [4.69, 9.17) is 0 Å². The molecule has 0 radical (unpaired) electrons. The van der Waals surface area contributed by atoms with E-state index in [9.17, 15) is 4.79 Å². The molecule has 140 valence electrons. The third kappa shape index (κ3) is 6.12. The van der Waals surface area contributed by atoms with Crippen molar-refractivity contribution in [1.29, 1.82) is 0 Å². The molecule has 0 aliphatic carbocycles. The van der Waals surface area contributed by atoms with Crippen molar-refractivity contribution < 1.29 is 9.69 Å². The van der Waals surface area contributed by atoms with Crippen molar-refractivity contribution in [2.45, 2.75) is 4.90 Å². The summed E-state index contributed by atoms with van der Waals surface area (Å²) in [6, 6.07) is 18.6. The summed E-state index contributed by atoms with van der Waals surface area (Å²) in [6.07, 6.45) is 10.1. The highest BCUT2D eigenvalue weighted by Gasteiger charge is 2.21. The molecule has 0 unspecified atom stereocenters. The van der Waals surface area contributed by atoms with Crippen LogP contribution in [0.15, 0.2) is 71.6 Å². The van der Waals surface area contributed by atoms with Crippen LogP contribution < -0.4 is 4.90 Å². The van der Waals surface area contributed by atoms with Crippen molar-refractivity contribution in [2.24, 2.45) is 0 Å². The molecule has 0 atom stereocenters. The minimum Gasteiger partial charge on any atom is -0.329 e. The zero-order chi connectivity index (χ0) is 18.9. The van der Waals surface area contributed by atoms with E-state index in [2.05, 4.69) is 66.9 Å². The molecule has 27 heavy (non-hydrogen) atoms. The average molecular weight is 380 g/mol. The van der Waals surface area contributed by atoms with Gasteiger partial charge >= 0.3 is 0 Å². The molecular formula is C23H27N2OS+. The van der Waals surface area contributed by atoms with Crippen molar-refractivity contribution in [3.05, 3.63) is 77.9 Å². The monoisotopic (exact) mass is 379 g/mol. The van der Waals surface area contributed by atoms with Crippen LogP contribution in [0.4, 0.5) is 0 Å². The summed E-state index contributed by atoms with van der Waals surface area (Å²) in [5.41, 5.74) is 2.30. The Kier molecular flexibility index (Phi) is 7.31. The molecule has 4 heteroatoms. The van der Waals surface area contributed by atoms with Crippen molar-refractivity contribution in [3.63, 3.8) is 0 Å². The third-order valence-electron chi connectivity index (χ3n) is 4.83. The van der Waals surface area contributed by atoms with Gasteiger partial charge in [-0.1, -0.05) is 48.5 Å². The van der Waals surface area contributed by atoms with Crippen LogP contribution in [-0.2, 0) is 4.79 Å². The molecule has 0 saturated carbocycles. The Bertz CT molecular complexity index is 776. The first-order valence-corrected chi connectivity index (χ1v) is 10.6. The minimum atomic E-state index is 0.114. The summed E-state index contributed by atoms with van der Waals surface area (Å²) in [5.74, 6) is 0.114. The number of carbonyl (C=O) groups is 1. The molecule has 2 aromatic rings. The maximum absolute atomic E-state index is 12.4. The standard InChI is InChI=1S/C23H26N2OS/c1-27-22-12-9-21(10-13-22)11-14-23(26)25-18-16-24(17-19-25)15-5-8-20-6-3-2-4-7-20/h2-14H,15-19H2,1H3/p+1. The molecule has 1 amide bonds. The second-order valence-corrected chi connectivity index (χ2v) is 7.58. The van der Waals surface area contributed by atoms with Crippen molar-refractivity contribution in [2.75, 3.05) is 39.0 Å². The van der Waals surface area contributed by atoms with Crippen LogP contribution in [0.3, 0.4) is 0 Å². The fraction of sp³-hybridized carbons (Fsp3) is 0.261. The largest absolute Gasteiger partial charge is 0.329 e. The van der Waals surface area contributed by atoms with Crippen LogP contribution in [0.1, 0.15) is 11.1 Å². The smallest absolute Gasteiger partial charge is 0.246 e. The van der Waals surface area contributed by atoms with E-state index in [1.54, 1.807) is 17.8 Å². The van der Waals surface area contributed by atoms with Gasteiger partial charge in [0.15, 0.2) is 0 Å². The molecule has 1 aliphatic heterocycles. The van der Waals surface area contributed by atoms with Gasteiger partial charge in [-0.05, 0) is 41.7 Å². The number of carbonyl (C=O) groups excluding carboxylic acids is 1. The van der Waals surface area contributed by atoms with Gasteiger partial charge in [0.25, 0.3) is 0 Å². The highest BCUT2D eigenvalue weighted by Crippen LogP contribution is 2.15. The third-order valence-corrected chi connectivity index (χ3v) is 5.58. The van der Waals surface area contributed by atoms with Crippen LogP contribution in [0.5, 0.6) is 0 Å². The van der Waals surface area contributed by atoms with E-state index in [0.29, 0.717) is 0 Å². The molecule has 0 bridgehead atoms. The highest BCUT2D eigenvalue weighted by atomic mass is 32.2. The number of hydrogen-bond donors (Lipinski definition) is 1. The average Bonchev–Trinajstić information content (AvgIpc) is 2.73. The second-order valence-electron chi connectivity index (χ2n) is 6.70. The molecule has 1 N–H and O–H groups in total. The van der Waals surface area contributed by atoms with Gasteiger partial charge in [0.05, 0.1) is 32.7 Å². The molecule has 1 aliphatic rings. The fourth-order valence-electron chi connectivity index (χ4n) is 3.16. The van der Waals surface area contributed by atoms with E-state index in [1.807, 2.05) is 17.0 Å². The first-order valence-electron chi connectivity index (χ1n) is 9.41.